The summed E-state index contributed by atoms with van der Waals surface area (Å²) in [6, 6.07) is 15.4. The summed E-state index contributed by atoms with van der Waals surface area (Å²) in [5.74, 6) is 0. The molecule has 0 radical (unpaired) electrons. The van der Waals surface area contributed by atoms with E-state index in [1.54, 1.807) is 6.07 Å². The van der Waals surface area contributed by atoms with E-state index < -0.39 is 0 Å². The Balaban J connectivity index is 2.01. The lowest BCUT2D eigenvalue weighted by atomic mass is 10.1. The summed E-state index contributed by atoms with van der Waals surface area (Å²) in [5, 5.41) is 10.6. The third-order valence-corrected chi connectivity index (χ3v) is 3.67. The summed E-state index contributed by atoms with van der Waals surface area (Å²) in [6.45, 7) is 0.675. The van der Waals surface area contributed by atoms with E-state index in [0.717, 1.165) is 16.5 Å². The zero-order valence-corrected chi connectivity index (χ0v) is 11.4. The van der Waals surface area contributed by atoms with Crippen molar-refractivity contribution in [3.63, 3.8) is 0 Å². The van der Waals surface area contributed by atoms with Crippen LogP contribution in [0.3, 0.4) is 0 Å². The third-order valence-electron chi connectivity index (χ3n) is 3.32. The molecule has 3 nitrogen and oxygen atoms in total. The minimum atomic E-state index is 0.662. The van der Waals surface area contributed by atoms with Crippen LogP contribution >= 0.6 is 11.6 Å². The number of anilines is 1. The SMILES string of the molecule is N#Cc1ccc2c(ccn2Cc2ccc(N)cc2Cl)c1. The van der Waals surface area contributed by atoms with E-state index in [2.05, 4.69) is 10.6 Å². The molecule has 3 aromatic rings. The molecule has 0 bridgehead atoms. The number of fused-ring (bicyclic) bond motifs is 1. The first-order chi connectivity index (χ1) is 9.67. The van der Waals surface area contributed by atoms with Gasteiger partial charge in [0.1, 0.15) is 0 Å². The zero-order chi connectivity index (χ0) is 14.1. The Bertz CT molecular complexity index is 827. The summed E-state index contributed by atoms with van der Waals surface area (Å²) < 4.78 is 2.11. The second-order valence-electron chi connectivity index (χ2n) is 4.68. The van der Waals surface area contributed by atoms with Gasteiger partial charge in [0, 0.05) is 34.4 Å². The molecule has 0 spiro atoms. The predicted molar refractivity (Wildman–Crippen MR) is 81.6 cm³/mol. The molecule has 4 heteroatoms. The molecule has 0 unspecified atom stereocenters. The van der Waals surface area contributed by atoms with Gasteiger partial charge < -0.3 is 10.3 Å². The van der Waals surface area contributed by atoms with Crippen molar-refractivity contribution >= 4 is 28.2 Å². The van der Waals surface area contributed by atoms with E-state index in [1.807, 2.05) is 42.6 Å². The van der Waals surface area contributed by atoms with Crippen molar-refractivity contribution in [1.29, 1.82) is 5.26 Å². The van der Waals surface area contributed by atoms with Crippen LogP contribution in [0.15, 0.2) is 48.7 Å². The lowest BCUT2D eigenvalue weighted by molar-refractivity contribution is 0.837. The molecule has 2 N–H and O–H groups in total. The van der Waals surface area contributed by atoms with Crippen LogP contribution in [0.5, 0.6) is 0 Å². The Labute approximate surface area is 121 Å². The summed E-state index contributed by atoms with van der Waals surface area (Å²) >= 11 is 6.21. The standard InChI is InChI=1S/C16H12ClN3/c17-15-8-14(19)3-2-13(15)10-20-6-5-12-7-11(9-18)1-4-16(12)20/h1-8H,10,19H2. The first-order valence-corrected chi connectivity index (χ1v) is 6.58. The molecule has 0 aliphatic heterocycles. The van der Waals surface area contributed by atoms with E-state index in [4.69, 9.17) is 22.6 Å². The molecule has 0 saturated heterocycles. The van der Waals surface area contributed by atoms with Crippen molar-refractivity contribution in [2.75, 3.05) is 5.73 Å². The lowest BCUT2D eigenvalue weighted by Crippen LogP contribution is -1.99. The quantitative estimate of drug-likeness (QED) is 0.727. The molecule has 0 fully saturated rings. The number of hydrogen-bond donors (Lipinski definition) is 1. The van der Waals surface area contributed by atoms with Gasteiger partial charge in [-0.3, -0.25) is 0 Å². The Morgan fingerprint density at radius 1 is 1.15 bits per heavy atom. The second kappa shape index (κ2) is 4.92. The van der Waals surface area contributed by atoms with Crippen molar-refractivity contribution in [3.05, 3.63) is 64.8 Å². The minimum Gasteiger partial charge on any atom is -0.399 e. The molecular formula is C16H12ClN3. The molecule has 3 rings (SSSR count). The van der Waals surface area contributed by atoms with Crippen LogP contribution in [0.2, 0.25) is 5.02 Å². The maximum Gasteiger partial charge on any atom is 0.0991 e. The fraction of sp³-hybridized carbons (Fsp3) is 0.0625. The number of rotatable bonds is 2. The number of nitrogen functional groups attached to an aromatic ring is 1. The van der Waals surface area contributed by atoms with Gasteiger partial charge in [0.05, 0.1) is 11.6 Å². The van der Waals surface area contributed by atoms with Gasteiger partial charge in [-0.1, -0.05) is 17.7 Å². The molecule has 2 aromatic carbocycles. The van der Waals surface area contributed by atoms with Crippen molar-refractivity contribution in [3.8, 4) is 6.07 Å². The highest BCUT2D eigenvalue weighted by Crippen LogP contribution is 2.23. The molecule has 20 heavy (non-hydrogen) atoms. The van der Waals surface area contributed by atoms with Gasteiger partial charge in [-0.05, 0) is 42.0 Å². The average Bonchev–Trinajstić information content (AvgIpc) is 2.84. The monoisotopic (exact) mass is 281 g/mol. The Morgan fingerprint density at radius 3 is 2.75 bits per heavy atom. The van der Waals surface area contributed by atoms with Gasteiger partial charge in [0.25, 0.3) is 0 Å². The Hall–Kier alpha value is -2.44. The van der Waals surface area contributed by atoms with Gasteiger partial charge >= 0.3 is 0 Å². The smallest absolute Gasteiger partial charge is 0.0991 e. The summed E-state index contributed by atoms with van der Waals surface area (Å²) in [7, 11) is 0. The molecule has 0 amide bonds. The lowest BCUT2D eigenvalue weighted by Gasteiger charge is -2.08. The Morgan fingerprint density at radius 2 is 2.00 bits per heavy atom. The number of nitriles is 1. The van der Waals surface area contributed by atoms with Crippen molar-refractivity contribution in [2.24, 2.45) is 0 Å². The van der Waals surface area contributed by atoms with Crippen molar-refractivity contribution < 1.29 is 0 Å². The summed E-state index contributed by atoms with van der Waals surface area (Å²) in [5.41, 5.74) is 9.13. The Kier molecular flexibility index (Phi) is 3.09. The van der Waals surface area contributed by atoms with Crippen LogP contribution in [0.25, 0.3) is 10.9 Å². The van der Waals surface area contributed by atoms with Crippen LogP contribution in [0.1, 0.15) is 11.1 Å². The van der Waals surface area contributed by atoms with Crippen LogP contribution in [0.4, 0.5) is 5.69 Å². The first-order valence-electron chi connectivity index (χ1n) is 6.20. The average molecular weight is 282 g/mol. The van der Waals surface area contributed by atoms with Crippen molar-refractivity contribution in [1.82, 2.24) is 4.57 Å². The number of nitrogens with zero attached hydrogens (tertiary/aromatic N) is 2. The molecule has 0 saturated carbocycles. The van der Waals surface area contributed by atoms with Gasteiger partial charge in [-0.25, -0.2) is 0 Å². The van der Waals surface area contributed by atoms with E-state index in [1.165, 1.54) is 0 Å². The maximum absolute atomic E-state index is 8.92. The minimum absolute atomic E-state index is 0.662. The maximum atomic E-state index is 8.92. The highest BCUT2D eigenvalue weighted by molar-refractivity contribution is 6.31. The van der Waals surface area contributed by atoms with E-state index in [-0.39, 0.29) is 0 Å². The molecule has 1 aromatic heterocycles. The van der Waals surface area contributed by atoms with Crippen LogP contribution in [0, 0.1) is 11.3 Å². The number of hydrogen-bond acceptors (Lipinski definition) is 2. The highest BCUT2D eigenvalue weighted by atomic mass is 35.5. The molecule has 0 aliphatic rings. The molecule has 1 heterocycles. The second-order valence-corrected chi connectivity index (χ2v) is 5.09. The summed E-state index contributed by atoms with van der Waals surface area (Å²) in [6.07, 6.45) is 2.00. The van der Waals surface area contributed by atoms with Crippen LogP contribution in [-0.2, 0) is 6.54 Å². The molecular weight excluding hydrogens is 270 g/mol. The number of nitrogens with two attached hydrogens (primary N) is 1. The first kappa shape index (κ1) is 12.6. The van der Waals surface area contributed by atoms with Crippen LogP contribution in [-0.4, -0.2) is 4.57 Å². The highest BCUT2D eigenvalue weighted by Gasteiger charge is 2.06. The zero-order valence-electron chi connectivity index (χ0n) is 10.7. The normalized spacial score (nSPS) is 10.6. The fourth-order valence-corrected chi connectivity index (χ4v) is 2.53. The molecule has 0 aliphatic carbocycles. The van der Waals surface area contributed by atoms with Gasteiger partial charge in [-0.15, -0.1) is 0 Å². The van der Waals surface area contributed by atoms with E-state index >= 15 is 0 Å². The molecule has 98 valence electrons. The van der Waals surface area contributed by atoms with Crippen LogP contribution < -0.4 is 5.73 Å². The predicted octanol–water partition coefficient (Wildman–Crippen LogP) is 3.80. The van der Waals surface area contributed by atoms with E-state index in [9.17, 15) is 0 Å². The topological polar surface area (TPSA) is 54.7 Å². The number of benzene rings is 2. The fourth-order valence-electron chi connectivity index (χ4n) is 2.28. The van der Waals surface area contributed by atoms with Gasteiger partial charge in [-0.2, -0.15) is 5.26 Å². The van der Waals surface area contributed by atoms with E-state index in [0.29, 0.717) is 22.8 Å². The van der Waals surface area contributed by atoms with Gasteiger partial charge in [0.2, 0.25) is 0 Å². The van der Waals surface area contributed by atoms with Crippen molar-refractivity contribution in [2.45, 2.75) is 6.54 Å². The molecule has 0 atom stereocenters. The van der Waals surface area contributed by atoms with Gasteiger partial charge in [0.15, 0.2) is 0 Å². The third kappa shape index (κ3) is 2.22. The number of aromatic nitrogens is 1. The summed E-state index contributed by atoms with van der Waals surface area (Å²) in [4.78, 5) is 0. The largest absolute Gasteiger partial charge is 0.399 e. The number of halogens is 1.